The van der Waals surface area contributed by atoms with Crippen LogP contribution in [-0.2, 0) is 0 Å². The Morgan fingerprint density at radius 1 is 1.08 bits per heavy atom. The zero-order valence-corrected chi connectivity index (χ0v) is 22.2. The molecule has 2 amide bonds. The molecule has 3 saturated heterocycles. The number of likely N-dealkylation sites (tertiary alicyclic amines) is 1. The van der Waals surface area contributed by atoms with Crippen molar-refractivity contribution in [3.05, 3.63) is 53.2 Å². The molecule has 0 saturated carbocycles. The van der Waals surface area contributed by atoms with E-state index in [1.54, 1.807) is 13.3 Å². The molecule has 8 nitrogen and oxygen atoms in total. The fraction of sp³-hybridized carbons (Fsp3) is 0.552. The minimum absolute atomic E-state index is 0.0395. The maximum Gasteiger partial charge on any atom is 0.252 e. The molecule has 0 radical (unpaired) electrons. The highest BCUT2D eigenvalue weighted by molar-refractivity contribution is 5.96. The van der Waals surface area contributed by atoms with Crippen molar-refractivity contribution in [1.82, 2.24) is 20.5 Å². The number of piperidine rings is 1. The second-order valence-electron chi connectivity index (χ2n) is 10.8. The zero-order chi connectivity index (χ0) is 25.9. The van der Waals surface area contributed by atoms with Crippen molar-refractivity contribution < 1.29 is 14.3 Å². The van der Waals surface area contributed by atoms with Crippen LogP contribution in [0.3, 0.4) is 0 Å². The molecule has 2 N–H and O–H groups in total. The largest absolute Gasteiger partial charge is 0.496 e. The van der Waals surface area contributed by atoms with Gasteiger partial charge in [0.2, 0.25) is 0 Å². The molecule has 3 atom stereocenters. The molecule has 198 valence electrons. The highest BCUT2D eigenvalue weighted by atomic mass is 16.5. The molecule has 1 aromatic heterocycles. The molecule has 0 aliphatic carbocycles. The summed E-state index contributed by atoms with van der Waals surface area (Å²) in [6.07, 6.45) is 9.12. The van der Waals surface area contributed by atoms with E-state index in [0.29, 0.717) is 35.8 Å². The molecule has 2 aromatic rings. The topological polar surface area (TPSA) is 86.8 Å². The quantitative estimate of drug-likeness (QED) is 0.571. The molecule has 37 heavy (non-hydrogen) atoms. The number of fused-ring (bicyclic) bond motifs is 2. The van der Waals surface area contributed by atoms with Crippen molar-refractivity contribution >= 4 is 17.6 Å². The molecular formula is C29H39N5O3. The van der Waals surface area contributed by atoms with E-state index in [2.05, 4.69) is 32.5 Å². The van der Waals surface area contributed by atoms with Gasteiger partial charge in [0.1, 0.15) is 11.6 Å². The molecule has 1 aromatic carbocycles. The van der Waals surface area contributed by atoms with E-state index in [1.807, 2.05) is 37.3 Å². The molecular weight excluding hydrogens is 466 g/mol. The molecule has 3 aliphatic heterocycles. The summed E-state index contributed by atoms with van der Waals surface area (Å²) in [5.41, 5.74) is 2.13. The fourth-order valence-corrected chi connectivity index (χ4v) is 6.49. The van der Waals surface area contributed by atoms with Gasteiger partial charge < -0.3 is 25.2 Å². The van der Waals surface area contributed by atoms with E-state index in [-0.39, 0.29) is 17.9 Å². The Morgan fingerprint density at radius 2 is 1.86 bits per heavy atom. The summed E-state index contributed by atoms with van der Waals surface area (Å²) in [7, 11) is 3.79. The second kappa shape index (κ2) is 11.1. The number of pyridine rings is 1. The first-order valence-electron chi connectivity index (χ1n) is 13.6. The van der Waals surface area contributed by atoms with Gasteiger partial charge in [0.25, 0.3) is 11.8 Å². The van der Waals surface area contributed by atoms with Gasteiger partial charge in [-0.3, -0.25) is 9.59 Å². The van der Waals surface area contributed by atoms with Crippen molar-refractivity contribution in [1.29, 1.82) is 0 Å². The van der Waals surface area contributed by atoms with E-state index in [1.165, 1.54) is 12.8 Å². The van der Waals surface area contributed by atoms with Crippen molar-refractivity contribution in [2.24, 2.45) is 0 Å². The van der Waals surface area contributed by atoms with Gasteiger partial charge in [0, 0.05) is 48.0 Å². The number of rotatable bonds is 8. The Morgan fingerprint density at radius 3 is 2.51 bits per heavy atom. The van der Waals surface area contributed by atoms with Crippen LogP contribution in [0.15, 0.2) is 36.5 Å². The van der Waals surface area contributed by atoms with Crippen LogP contribution in [0.4, 0.5) is 5.82 Å². The first kappa shape index (κ1) is 25.5. The average Bonchev–Trinajstić information content (AvgIpc) is 3.43. The number of methoxy groups -OCH3 is 1. The standard InChI is InChI=1S/C29H39N5O3/c1-19-25(7-4-8-26(19)37-3)29(36)32-21-16-23-10-11-24(17-21)34(23)27-12-9-20(18-31-27)28(35)30-14-13-22-6-5-15-33(22)2/h4,7-9,12,18,21-24H,5-6,10-11,13-17H2,1-3H3,(H,30,35)(H,32,36). The second-order valence-corrected chi connectivity index (χ2v) is 10.8. The molecule has 3 aliphatic rings. The Kier molecular flexibility index (Phi) is 7.65. The van der Waals surface area contributed by atoms with Crippen LogP contribution in [-0.4, -0.2) is 73.1 Å². The minimum atomic E-state index is -0.0584. The number of hydrogen-bond acceptors (Lipinski definition) is 6. The summed E-state index contributed by atoms with van der Waals surface area (Å²) in [4.78, 5) is 35.1. The van der Waals surface area contributed by atoms with Gasteiger partial charge in [-0.2, -0.15) is 0 Å². The van der Waals surface area contributed by atoms with Gasteiger partial charge in [-0.05, 0) is 89.7 Å². The number of nitrogens with zero attached hydrogens (tertiary/aromatic N) is 3. The number of aromatic nitrogens is 1. The maximum absolute atomic E-state index is 13.0. The molecule has 5 rings (SSSR count). The molecule has 3 unspecified atom stereocenters. The number of anilines is 1. The zero-order valence-electron chi connectivity index (χ0n) is 22.2. The van der Waals surface area contributed by atoms with Crippen LogP contribution in [0.2, 0.25) is 0 Å². The number of nitrogens with one attached hydrogen (secondary N) is 2. The Balaban J connectivity index is 1.16. The SMILES string of the molecule is COc1cccc(C(=O)NC2CC3CCC(C2)N3c2ccc(C(=O)NCCC3CCCN3C)cn2)c1C. The minimum Gasteiger partial charge on any atom is -0.496 e. The van der Waals surface area contributed by atoms with E-state index in [0.717, 1.165) is 55.8 Å². The van der Waals surface area contributed by atoms with Crippen LogP contribution >= 0.6 is 0 Å². The lowest BCUT2D eigenvalue weighted by Gasteiger charge is -2.40. The van der Waals surface area contributed by atoms with Crippen molar-refractivity contribution in [3.63, 3.8) is 0 Å². The number of hydrogen-bond donors (Lipinski definition) is 2. The Bertz CT molecular complexity index is 1110. The number of carbonyl (C=O) groups excluding carboxylic acids is 2. The number of amides is 2. The van der Waals surface area contributed by atoms with Gasteiger partial charge >= 0.3 is 0 Å². The van der Waals surface area contributed by atoms with Gasteiger partial charge in [-0.25, -0.2) is 4.98 Å². The Labute approximate surface area is 219 Å². The fourth-order valence-electron chi connectivity index (χ4n) is 6.49. The third-order valence-electron chi connectivity index (χ3n) is 8.53. The lowest BCUT2D eigenvalue weighted by molar-refractivity contribution is 0.0923. The van der Waals surface area contributed by atoms with Gasteiger partial charge in [-0.15, -0.1) is 0 Å². The van der Waals surface area contributed by atoms with Crippen molar-refractivity contribution in [2.75, 3.05) is 32.1 Å². The van der Waals surface area contributed by atoms with E-state index in [4.69, 9.17) is 4.74 Å². The predicted molar refractivity (Wildman–Crippen MR) is 144 cm³/mol. The molecule has 2 bridgehead atoms. The summed E-state index contributed by atoms with van der Waals surface area (Å²) in [5.74, 6) is 1.55. The third kappa shape index (κ3) is 5.44. The van der Waals surface area contributed by atoms with Crippen LogP contribution in [0.25, 0.3) is 0 Å². The monoisotopic (exact) mass is 505 g/mol. The number of ether oxygens (including phenoxy) is 1. The van der Waals surface area contributed by atoms with Crippen LogP contribution in [0.1, 0.15) is 71.2 Å². The summed E-state index contributed by atoms with van der Waals surface area (Å²) in [6.45, 7) is 3.76. The smallest absolute Gasteiger partial charge is 0.252 e. The van der Waals surface area contributed by atoms with Gasteiger partial charge in [0.05, 0.1) is 12.7 Å². The van der Waals surface area contributed by atoms with E-state index < -0.39 is 0 Å². The van der Waals surface area contributed by atoms with E-state index >= 15 is 0 Å². The first-order valence-corrected chi connectivity index (χ1v) is 13.6. The van der Waals surface area contributed by atoms with Crippen LogP contribution in [0, 0.1) is 6.92 Å². The van der Waals surface area contributed by atoms with Crippen LogP contribution < -0.4 is 20.3 Å². The van der Waals surface area contributed by atoms with Crippen molar-refractivity contribution in [2.45, 2.75) is 76.0 Å². The lowest BCUT2D eigenvalue weighted by atomic mass is 9.96. The summed E-state index contributed by atoms with van der Waals surface area (Å²) in [6, 6.07) is 10.8. The Hall–Kier alpha value is -3.13. The average molecular weight is 506 g/mol. The molecule has 8 heteroatoms. The normalized spacial score (nSPS) is 25.2. The molecule has 0 spiro atoms. The predicted octanol–water partition coefficient (Wildman–Crippen LogP) is 3.54. The summed E-state index contributed by atoms with van der Waals surface area (Å²) < 4.78 is 5.38. The molecule has 3 fully saturated rings. The third-order valence-corrected chi connectivity index (χ3v) is 8.53. The summed E-state index contributed by atoms with van der Waals surface area (Å²) >= 11 is 0. The van der Waals surface area contributed by atoms with Crippen molar-refractivity contribution in [3.8, 4) is 5.75 Å². The van der Waals surface area contributed by atoms with Gasteiger partial charge in [0.15, 0.2) is 0 Å². The maximum atomic E-state index is 13.0. The summed E-state index contributed by atoms with van der Waals surface area (Å²) in [5, 5.41) is 6.33. The first-order chi connectivity index (χ1) is 17.9. The van der Waals surface area contributed by atoms with Crippen LogP contribution in [0.5, 0.6) is 5.75 Å². The highest BCUT2D eigenvalue weighted by Crippen LogP contribution is 2.38. The number of carbonyl (C=O) groups is 2. The van der Waals surface area contributed by atoms with Gasteiger partial charge in [-0.1, -0.05) is 6.07 Å². The lowest BCUT2D eigenvalue weighted by Crippen LogP contribution is -2.50. The number of benzene rings is 1. The molecule has 4 heterocycles. The highest BCUT2D eigenvalue weighted by Gasteiger charge is 2.42. The van der Waals surface area contributed by atoms with E-state index in [9.17, 15) is 9.59 Å².